The van der Waals surface area contributed by atoms with Crippen molar-refractivity contribution >= 4 is 11.7 Å². The first-order valence-corrected chi connectivity index (χ1v) is 5.11. The lowest BCUT2D eigenvalue weighted by Gasteiger charge is -2.27. The molecule has 0 radical (unpaired) electrons. The van der Waals surface area contributed by atoms with Crippen molar-refractivity contribution < 1.29 is 9.53 Å². The van der Waals surface area contributed by atoms with Gasteiger partial charge in [-0.15, -0.1) is 0 Å². The quantitative estimate of drug-likeness (QED) is 0.537. The SMILES string of the molecule is NNc1ncccc1C(=O)N1CCOCC1. The number of carbonyl (C=O) groups excluding carboxylic acids is 1. The third-order valence-electron chi connectivity index (χ3n) is 2.47. The van der Waals surface area contributed by atoms with Crippen molar-refractivity contribution in [2.75, 3.05) is 31.7 Å². The van der Waals surface area contributed by atoms with Gasteiger partial charge < -0.3 is 15.1 Å². The molecule has 6 heteroatoms. The number of nitrogens with zero attached hydrogens (tertiary/aromatic N) is 2. The second-order valence-electron chi connectivity index (χ2n) is 3.45. The van der Waals surface area contributed by atoms with Gasteiger partial charge in [-0.25, -0.2) is 10.8 Å². The topological polar surface area (TPSA) is 80.5 Å². The number of hydrazine groups is 1. The zero-order valence-electron chi connectivity index (χ0n) is 8.85. The Kier molecular flexibility index (Phi) is 3.33. The summed E-state index contributed by atoms with van der Waals surface area (Å²) >= 11 is 0. The number of nitrogens with one attached hydrogen (secondary N) is 1. The summed E-state index contributed by atoms with van der Waals surface area (Å²) < 4.78 is 5.19. The normalized spacial score (nSPS) is 15.9. The molecule has 0 aromatic carbocycles. The molecule has 3 N–H and O–H groups in total. The van der Waals surface area contributed by atoms with E-state index in [-0.39, 0.29) is 5.91 Å². The number of nitrogen functional groups attached to an aromatic ring is 1. The van der Waals surface area contributed by atoms with Crippen LogP contribution in [0.2, 0.25) is 0 Å². The number of morpholine rings is 1. The first kappa shape index (κ1) is 10.8. The van der Waals surface area contributed by atoms with E-state index in [0.29, 0.717) is 37.7 Å². The second kappa shape index (κ2) is 4.91. The average Bonchev–Trinajstić information content (AvgIpc) is 2.39. The maximum atomic E-state index is 12.1. The fraction of sp³-hybridized carbons (Fsp3) is 0.400. The smallest absolute Gasteiger partial charge is 0.257 e. The van der Waals surface area contributed by atoms with Crippen LogP contribution in [0.5, 0.6) is 0 Å². The Morgan fingerprint density at radius 3 is 2.94 bits per heavy atom. The van der Waals surface area contributed by atoms with Gasteiger partial charge in [-0.05, 0) is 12.1 Å². The number of ether oxygens (including phenoxy) is 1. The summed E-state index contributed by atoms with van der Waals surface area (Å²) in [5.74, 6) is 5.65. The van der Waals surface area contributed by atoms with Crippen LogP contribution in [0.25, 0.3) is 0 Å². The molecule has 1 fully saturated rings. The number of carbonyl (C=O) groups is 1. The van der Waals surface area contributed by atoms with E-state index in [9.17, 15) is 4.79 Å². The molecule has 1 aromatic rings. The molecule has 1 aliphatic rings. The predicted octanol–water partition coefficient (Wildman–Crippen LogP) is -0.160. The molecule has 6 nitrogen and oxygen atoms in total. The first-order chi connectivity index (χ1) is 7.83. The number of aromatic nitrogens is 1. The Labute approximate surface area is 93.4 Å². The van der Waals surface area contributed by atoms with Gasteiger partial charge in [0.25, 0.3) is 5.91 Å². The summed E-state index contributed by atoms with van der Waals surface area (Å²) in [6.45, 7) is 2.38. The van der Waals surface area contributed by atoms with Gasteiger partial charge in [0, 0.05) is 19.3 Å². The van der Waals surface area contributed by atoms with Crippen molar-refractivity contribution in [2.45, 2.75) is 0 Å². The van der Waals surface area contributed by atoms with Crippen LogP contribution in [-0.2, 0) is 4.74 Å². The van der Waals surface area contributed by atoms with Gasteiger partial charge in [0.15, 0.2) is 5.82 Å². The molecule has 2 heterocycles. The molecule has 2 rings (SSSR count). The lowest BCUT2D eigenvalue weighted by atomic mass is 10.2. The van der Waals surface area contributed by atoms with Gasteiger partial charge in [0.05, 0.1) is 18.8 Å². The van der Waals surface area contributed by atoms with E-state index in [4.69, 9.17) is 10.6 Å². The summed E-state index contributed by atoms with van der Waals surface area (Å²) in [6, 6.07) is 3.43. The molecule has 1 amide bonds. The van der Waals surface area contributed by atoms with Gasteiger partial charge in [-0.3, -0.25) is 4.79 Å². The minimum Gasteiger partial charge on any atom is -0.378 e. The Balaban J connectivity index is 2.19. The fourth-order valence-corrected chi connectivity index (χ4v) is 1.63. The van der Waals surface area contributed by atoms with Crippen molar-refractivity contribution in [2.24, 2.45) is 5.84 Å². The van der Waals surface area contributed by atoms with Crippen LogP contribution in [0.3, 0.4) is 0 Å². The highest BCUT2D eigenvalue weighted by molar-refractivity contribution is 5.98. The van der Waals surface area contributed by atoms with E-state index in [2.05, 4.69) is 10.4 Å². The highest BCUT2D eigenvalue weighted by Crippen LogP contribution is 2.13. The van der Waals surface area contributed by atoms with Gasteiger partial charge in [0.2, 0.25) is 0 Å². The maximum Gasteiger partial charge on any atom is 0.257 e. The molecule has 0 bridgehead atoms. The minimum absolute atomic E-state index is 0.0654. The van der Waals surface area contributed by atoms with Crippen LogP contribution in [0.15, 0.2) is 18.3 Å². The van der Waals surface area contributed by atoms with Gasteiger partial charge in [0.1, 0.15) is 0 Å². The molecule has 1 aromatic heterocycles. The summed E-state index contributed by atoms with van der Waals surface area (Å²) in [7, 11) is 0. The first-order valence-electron chi connectivity index (χ1n) is 5.11. The molecule has 0 spiro atoms. The van der Waals surface area contributed by atoms with E-state index >= 15 is 0 Å². The van der Waals surface area contributed by atoms with Crippen molar-refractivity contribution in [3.63, 3.8) is 0 Å². The van der Waals surface area contributed by atoms with Gasteiger partial charge in [-0.2, -0.15) is 0 Å². The molecule has 0 atom stereocenters. The van der Waals surface area contributed by atoms with E-state index in [1.807, 2.05) is 0 Å². The summed E-state index contributed by atoms with van der Waals surface area (Å²) in [6.07, 6.45) is 1.59. The number of rotatable bonds is 2. The van der Waals surface area contributed by atoms with E-state index in [0.717, 1.165) is 0 Å². The lowest BCUT2D eigenvalue weighted by molar-refractivity contribution is 0.0303. The molecule has 0 saturated carbocycles. The molecule has 0 unspecified atom stereocenters. The van der Waals surface area contributed by atoms with Crippen LogP contribution in [0.1, 0.15) is 10.4 Å². The molecule has 0 aliphatic carbocycles. The molecule has 1 saturated heterocycles. The zero-order chi connectivity index (χ0) is 11.4. The van der Waals surface area contributed by atoms with Crippen molar-refractivity contribution in [1.29, 1.82) is 0 Å². The largest absolute Gasteiger partial charge is 0.378 e. The van der Waals surface area contributed by atoms with E-state index in [1.165, 1.54) is 0 Å². The number of nitrogens with two attached hydrogens (primary N) is 1. The average molecular weight is 222 g/mol. The van der Waals surface area contributed by atoms with Gasteiger partial charge in [-0.1, -0.05) is 0 Å². The monoisotopic (exact) mass is 222 g/mol. The van der Waals surface area contributed by atoms with Crippen LogP contribution in [0.4, 0.5) is 5.82 Å². The second-order valence-corrected chi connectivity index (χ2v) is 3.45. The highest BCUT2D eigenvalue weighted by Gasteiger charge is 2.20. The Bertz CT molecular complexity index is 377. The Morgan fingerprint density at radius 1 is 1.50 bits per heavy atom. The van der Waals surface area contributed by atoms with Crippen molar-refractivity contribution in [3.8, 4) is 0 Å². The maximum absolute atomic E-state index is 12.1. The molecule has 16 heavy (non-hydrogen) atoms. The fourth-order valence-electron chi connectivity index (χ4n) is 1.63. The van der Waals surface area contributed by atoms with E-state index in [1.54, 1.807) is 23.2 Å². The van der Waals surface area contributed by atoms with Crippen LogP contribution in [-0.4, -0.2) is 42.1 Å². The summed E-state index contributed by atoms with van der Waals surface area (Å²) in [4.78, 5) is 17.8. The predicted molar refractivity (Wildman–Crippen MR) is 58.8 cm³/mol. The van der Waals surface area contributed by atoms with Gasteiger partial charge >= 0.3 is 0 Å². The third-order valence-corrected chi connectivity index (χ3v) is 2.47. The number of anilines is 1. The molecular formula is C10H14N4O2. The number of pyridine rings is 1. The molecule has 86 valence electrons. The molecular weight excluding hydrogens is 208 g/mol. The van der Waals surface area contributed by atoms with Crippen molar-refractivity contribution in [3.05, 3.63) is 23.9 Å². The standard InChI is InChI=1S/C10H14N4O2/c11-13-9-8(2-1-3-12-9)10(15)14-4-6-16-7-5-14/h1-3H,4-7,11H2,(H,12,13). The summed E-state index contributed by atoms with van der Waals surface area (Å²) in [5.41, 5.74) is 2.92. The Hall–Kier alpha value is -1.66. The third kappa shape index (κ3) is 2.12. The molecule has 1 aliphatic heterocycles. The summed E-state index contributed by atoms with van der Waals surface area (Å²) in [5, 5.41) is 0. The Morgan fingerprint density at radius 2 is 2.25 bits per heavy atom. The van der Waals surface area contributed by atoms with E-state index < -0.39 is 0 Å². The van der Waals surface area contributed by atoms with Crippen molar-refractivity contribution in [1.82, 2.24) is 9.88 Å². The number of amides is 1. The zero-order valence-corrected chi connectivity index (χ0v) is 8.85. The number of hydrogen-bond donors (Lipinski definition) is 2. The minimum atomic E-state index is -0.0654. The van der Waals surface area contributed by atoms with Crippen LogP contribution >= 0.6 is 0 Å². The van der Waals surface area contributed by atoms with Crippen LogP contribution < -0.4 is 11.3 Å². The van der Waals surface area contributed by atoms with Crippen LogP contribution in [0, 0.1) is 0 Å². The number of hydrogen-bond acceptors (Lipinski definition) is 5. The lowest BCUT2D eigenvalue weighted by Crippen LogP contribution is -2.41. The highest BCUT2D eigenvalue weighted by atomic mass is 16.5.